The second-order valence-corrected chi connectivity index (χ2v) is 6.38. The molecule has 1 aliphatic carbocycles. The zero-order chi connectivity index (χ0) is 12.4. The summed E-state index contributed by atoms with van der Waals surface area (Å²) >= 11 is 3.45. The highest BCUT2D eigenvalue weighted by Gasteiger charge is 2.42. The number of aromatic nitrogens is 1. The lowest BCUT2D eigenvalue weighted by molar-refractivity contribution is 0.00652. The largest absolute Gasteiger partial charge is 0.314 e. The van der Waals surface area contributed by atoms with Crippen molar-refractivity contribution in [2.24, 2.45) is 0 Å². The number of nitrogens with zero attached hydrogens (tertiary/aromatic N) is 2. The molecule has 3 rings (SSSR count). The third kappa shape index (κ3) is 2.46. The molecule has 1 aromatic rings. The van der Waals surface area contributed by atoms with E-state index >= 15 is 0 Å². The van der Waals surface area contributed by atoms with E-state index in [0.717, 1.165) is 24.0 Å². The molecule has 3 nitrogen and oxygen atoms in total. The number of nitrogens with one attached hydrogen (secondary N) is 1. The summed E-state index contributed by atoms with van der Waals surface area (Å²) in [6, 6.07) is 4.26. The monoisotopic (exact) mass is 309 g/mol. The molecule has 1 aromatic heterocycles. The number of hydrogen-bond donors (Lipinski definition) is 1. The topological polar surface area (TPSA) is 28.2 Å². The Labute approximate surface area is 117 Å². The molecular weight excluding hydrogens is 290 g/mol. The van der Waals surface area contributed by atoms with E-state index in [1.807, 2.05) is 6.20 Å². The van der Waals surface area contributed by atoms with Crippen LogP contribution < -0.4 is 5.32 Å². The number of halogens is 1. The molecule has 1 saturated heterocycles. The Hall–Kier alpha value is -0.450. The van der Waals surface area contributed by atoms with Gasteiger partial charge in [0.25, 0.3) is 0 Å². The van der Waals surface area contributed by atoms with Gasteiger partial charge in [-0.1, -0.05) is 0 Å². The van der Waals surface area contributed by atoms with Crippen LogP contribution in [0.1, 0.15) is 25.0 Å². The Kier molecular flexibility index (Phi) is 3.68. The summed E-state index contributed by atoms with van der Waals surface area (Å²) in [6.07, 6.45) is 7.08. The van der Waals surface area contributed by atoms with Gasteiger partial charge in [0.1, 0.15) is 0 Å². The van der Waals surface area contributed by atoms with Crippen molar-refractivity contribution >= 4 is 15.9 Å². The minimum atomic E-state index is 0.406. The SMILES string of the molecule is Brc1ccc(CC2(N3CCNCC3)CCC2)nc1. The van der Waals surface area contributed by atoms with Gasteiger partial charge in [-0.25, -0.2) is 0 Å². The molecule has 18 heavy (non-hydrogen) atoms. The fraction of sp³-hybridized carbons (Fsp3) is 0.643. The van der Waals surface area contributed by atoms with Crippen LogP contribution in [-0.4, -0.2) is 41.6 Å². The van der Waals surface area contributed by atoms with Gasteiger partial charge < -0.3 is 5.32 Å². The number of piperazine rings is 1. The highest BCUT2D eigenvalue weighted by atomic mass is 79.9. The number of rotatable bonds is 3. The number of hydrogen-bond acceptors (Lipinski definition) is 3. The van der Waals surface area contributed by atoms with Crippen LogP contribution in [0.5, 0.6) is 0 Å². The van der Waals surface area contributed by atoms with Crippen LogP contribution in [0.2, 0.25) is 0 Å². The average Bonchev–Trinajstić information content (AvgIpc) is 2.37. The van der Waals surface area contributed by atoms with E-state index in [9.17, 15) is 0 Å². The first-order valence-electron chi connectivity index (χ1n) is 6.85. The molecular formula is C14H20BrN3. The van der Waals surface area contributed by atoms with Gasteiger partial charge in [-0.15, -0.1) is 0 Å². The third-order valence-corrected chi connectivity index (χ3v) is 4.84. The van der Waals surface area contributed by atoms with Crippen molar-refractivity contribution in [1.82, 2.24) is 15.2 Å². The maximum atomic E-state index is 4.55. The Morgan fingerprint density at radius 1 is 1.28 bits per heavy atom. The normalized spacial score (nSPS) is 23.6. The predicted molar refractivity (Wildman–Crippen MR) is 76.7 cm³/mol. The van der Waals surface area contributed by atoms with E-state index in [1.54, 1.807) is 0 Å². The molecule has 0 unspecified atom stereocenters. The maximum absolute atomic E-state index is 4.55. The summed E-state index contributed by atoms with van der Waals surface area (Å²) in [7, 11) is 0. The summed E-state index contributed by atoms with van der Waals surface area (Å²) < 4.78 is 1.07. The van der Waals surface area contributed by atoms with Crippen molar-refractivity contribution in [3.05, 3.63) is 28.5 Å². The molecule has 1 aliphatic heterocycles. The predicted octanol–water partition coefficient (Wildman–Crippen LogP) is 2.21. The molecule has 0 atom stereocenters. The first-order valence-corrected chi connectivity index (χ1v) is 7.64. The Morgan fingerprint density at radius 3 is 2.61 bits per heavy atom. The molecule has 2 heterocycles. The van der Waals surface area contributed by atoms with E-state index in [4.69, 9.17) is 0 Å². The van der Waals surface area contributed by atoms with Gasteiger partial charge in [0.15, 0.2) is 0 Å². The van der Waals surface area contributed by atoms with Crippen molar-refractivity contribution in [3.63, 3.8) is 0 Å². The summed E-state index contributed by atoms with van der Waals surface area (Å²) in [5.41, 5.74) is 1.64. The number of pyridine rings is 1. The zero-order valence-corrected chi connectivity index (χ0v) is 12.2. The van der Waals surface area contributed by atoms with Crippen molar-refractivity contribution < 1.29 is 0 Å². The minimum absolute atomic E-state index is 0.406. The van der Waals surface area contributed by atoms with Gasteiger partial charge in [-0.05, 0) is 47.3 Å². The maximum Gasteiger partial charge on any atom is 0.0422 e. The fourth-order valence-corrected chi connectivity index (χ4v) is 3.41. The van der Waals surface area contributed by atoms with Gasteiger partial charge >= 0.3 is 0 Å². The first kappa shape index (κ1) is 12.6. The lowest BCUT2D eigenvalue weighted by Gasteiger charge is -2.52. The van der Waals surface area contributed by atoms with Crippen LogP contribution in [0.25, 0.3) is 0 Å². The lowest BCUT2D eigenvalue weighted by atomic mass is 9.72. The van der Waals surface area contributed by atoms with Gasteiger partial charge in [0.2, 0.25) is 0 Å². The Balaban J connectivity index is 1.73. The molecule has 0 amide bonds. The third-order valence-electron chi connectivity index (χ3n) is 4.37. The van der Waals surface area contributed by atoms with Gasteiger partial charge in [-0.3, -0.25) is 9.88 Å². The van der Waals surface area contributed by atoms with Gasteiger partial charge in [0.05, 0.1) is 0 Å². The van der Waals surface area contributed by atoms with Crippen LogP contribution in [0.3, 0.4) is 0 Å². The molecule has 0 spiro atoms. The molecule has 0 aromatic carbocycles. The van der Waals surface area contributed by atoms with Crippen LogP contribution in [0.15, 0.2) is 22.8 Å². The van der Waals surface area contributed by atoms with E-state index in [2.05, 4.69) is 43.3 Å². The highest BCUT2D eigenvalue weighted by Crippen LogP contribution is 2.40. The first-order chi connectivity index (χ1) is 8.78. The standard InChI is InChI=1S/C14H20BrN3/c15-12-2-3-13(17-11-12)10-14(4-1-5-14)18-8-6-16-7-9-18/h2-3,11,16H,1,4-10H2. The van der Waals surface area contributed by atoms with E-state index < -0.39 is 0 Å². The van der Waals surface area contributed by atoms with Crippen molar-refractivity contribution in [3.8, 4) is 0 Å². The second-order valence-electron chi connectivity index (χ2n) is 5.46. The quantitative estimate of drug-likeness (QED) is 0.928. The van der Waals surface area contributed by atoms with Crippen LogP contribution in [-0.2, 0) is 6.42 Å². The minimum Gasteiger partial charge on any atom is -0.314 e. The molecule has 1 N–H and O–H groups in total. The summed E-state index contributed by atoms with van der Waals surface area (Å²) in [4.78, 5) is 7.24. The van der Waals surface area contributed by atoms with Crippen LogP contribution in [0, 0.1) is 0 Å². The van der Waals surface area contributed by atoms with Gasteiger partial charge in [-0.2, -0.15) is 0 Å². The molecule has 0 bridgehead atoms. The fourth-order valence-electron chi connectivity index (χ4n) is 3.18. The second kappa shape index (κ2) is 5.27. The average molecular weight is 310 g/mol. The summed E-state index contributed by atoms with van der Waals surface area (Å²) in [5.74, 6) is 0. The summed E-state index contributed by atoms with van der Waals surface area (Å²) in [6.45, 7) is 4.65. The Morgan fingerprint density at radius 2 is 2.06 bits per heavy atom. The molecule has 98 valence electrons. The van der Waals surface area contributed by atoms with Crippen molar-refractivity contribution in [2.45, 2.75) is 31.2 Å². The molecule has 1 saturated carbocycles. The molecule has 0 radical (unpaired) electrons. The van der Waals surface area contributed by atoms with E-state index in [1.165, 1.54) is 38.0 Å². The van der Waals surface area contributed by atoms with E-state index in [0.29, 0.717) is 5.54 Å². The molecule has 4 heteroatoms. The van der Waals surface area contributed by atoms with Gasteiger partial charge in [0, 0.05) is 54.5 Å². The lowest BCUT2D eigenvalue weighted by Crippen LogP contribution is -2.60. The van der Waals surface area contributed by atoms with Crippen LogP contribution >= 0.6 is 15.9 Å². The highest BCUT2D eigenvalue weighted by molar-refractivity contribution is 9.10. The zero-order valence-electron chi connectivity index (χ0n) is 10.7. The van der Waals surface area contributed by atoms with Crippen molar-refractivity contribution in [1.29, 1.82) is 0 Å². The van der Waals surface area contributed by atoms with E-state index in [-0.39, 0.29) is 0 Å². The molecule has 2 aliphatic rings. The Bertz CT molecular complexity index is 394. The van der Waals surface area contributed by atoms with Crippen LogP contribution in [0.4, 0.5) is 0 Å². The smallest absolute Gasteiger partial charge is 0.0422 e. The van der Waals surface area contributed by atoms with Crippen molar-refractivity contribution in [2.75, 3.05) is 26.2 Å². The summed E-state index contributed by atoms with van der Waals surface area (Å²) in [5, 5.41) is 3.44. The molecule has 2 fully saturated rings.